The van der Waals surface area contributed by atoms with Crippen LogP contribution >= 0.6 is 0 Å². The molecule has 2 aliphatic heterocycles. The number of benzene rings is 2. The van der Waals surface area contributed by atoms with Crippen molar-refractivity contribution in [3.05, 3.63) is 70.5 Å². The molecule has 4 rings (SSSR count). The van der Waals surface area contributed by atoms with Crippen molar-refractivity contribution < 1.29 is 40.4 Å². The van der Waals surface area contributed by atoms with Crippen molar-refractivity contribution in [1.82, 2.24) is 4.90 Å². The Balaban J connectivity index is 1.56. The molecule has 0 radical (unpaired) electrons. The fourth-order valence-electron chi connectivity index (χ4n) is 4.07. The Morgan fingerprint density at radius 2 is 1.59 bits per heavy atom. The van der Waals surface area contributed by atoms with Crippen LogP contribution in [0.1, 0.15) is 37.0 Å². The van der Waals surface area contributed by atoms with E-state index in [0.29, 0.717) is 0 Å². The van der Waals surface area contributed by atoms with E-state index in [-0.39, 0.29) is 53.9 Å². The summed E-state index contributed by atoms with van der Waals surface area (Å²) in [4.78, 5) is 18.0. The van der Waals surface area contributed by atoms with Crippen molar-refractivity contribution in [2.75, 3.05) is 13.1 Å². The third kappa shape index (κ3) is 3.80. The molecule has 2 aliphatic rings. The van der Waals surface area contributed by atoms with Gasteiger partial charge in [0.1, 0.15) is 0 Å². The molecule has 1 fully saturated rings. The van der Waals surface area contributed by atoms with Gasteiger partial charge in [0, 0.05) is 17.9 Å². The SMILES string of the molecule is CC(C)C(=O)N1CC(F)(c2ccc(C3=NOC(c4cc(F)c(F)c(F)c4)(C(F)(F)F)C3)cc2)C1. The largest absolute Gasteiger partial charge is 0.435 e. The molecule has 2 heterocycles. The second-order valence-electron chi connectivity index (χ2n) is 8.78. The number of carbonyl (C=O) groups excluding carboxylic acids is 1. The van der Waals surface area contributed by atoms with Crippen molar-refractivity contribution in [2.24, 2.45) is 11.1 Å². The molecule has 182 valence electrons. The van der Waals surface area contributed by atoms with Crippen LogP contribution in [0.25, 0.3) is 0 Å². The van der Waals surface area contributed by atoms with Gasteiger partial charge in [0.15, 0.2) is 23.1 Å². The molecular formula is C23H19F7N2O2. The molecule has 0 saturated carbocycles. The van der Waals surface area contributed by atoms with E-state index < -0.39 is 46.9 Å². The second kappa shape index (κ2) is 7.99. The van der Waals surface area contributed by atoms with Gasteiger partial charge in [0.05, 0.1) is 18.8 Å². The minimum absolute atomic E-state index is 0.133. The zero-order valence-corrected chi connectivity index (χ0v) is 18.0. The van der Waals surface area contributed by atoms with Crippen LogP contribution in [0.4, 0.5) is 30.7 Å². The predicted molar refractivity (Wildman–Crippen MR) is 107 cm³/mol. The highest BCUT2D eigenvalue weighted by Gasteiger charge is 2.62. The van der Waals surface area contributed by atoms with Crippen LogP contribution in [0.2, 0.25) is 0 Å². The van der Waals surface area contributed by atoms with Gasteiger partial charge in [-0.3, -0.25) is 4.79 Å². The summed E-state index contributed by atoms with van der Waals surface area (Å²) in [6.07, 6.45) is -6.08. The number of halogens is 7. The third-order valence-corrected chi connectivity index (χ3v) is 6.06. The molecule has 0 aromatic heterocycles. The first kappa shape index (κ1) is 24.0. The van der Waals surface area contributed by atoms with Gasteiger partial charge in [0.25, 0.3) is 5.60 Å². The highest BCUT2D eigenvalue weighted by atomic mass is 19.4. The maximum atomic E-state index is 15.1. The number of hydrogen-bond acceptors (Lipinski definition) is 3. The molecular weight excluding hydrogens is 469 g/mol. The molecule has 0 bridgehead atoms. The Bertz CT molecular complexity index is 1130. The van der Waals surface area contributed by atoms with E-state index in [4.69, 9.17) is 0 Å². The summed E-state index contributed by atoms with van der Waals surface area (Å²) >= 11 is 0. The van der Waals surface area contributed by atoms with Crippen LogP contribution in [-0.4, -0.2) is 35.8 Å². The number of nitrogens with zero attached hydrogens (tertiary/aromatic N) is 2. The maximum Gasteiger partial charge on any atom is 0.435 e. The quantitative estimate of drug-likeness (QED) is 0.430. The zero-order valence-electron chi connectivity index (χ0n) is 18.0. The van der Waals surface area contributed by atoms with Crippen molar-refractivity contribution in [2.45, 2.75) is 37.7 Å². The normalized spacial score (nSPS) is 21.8. The standard InChI is InChI=1S/C23H19F7N2O2/c1-12(2)20(33)32-10-21(27,11-32)14-5-3-13(4-6-14)18-9-22(34-31-18,23(28,29)30)15-7-16(24)19(26)17(25)8-15/h3-8,12H,9-11H2,1-2H3. The van der Waals surface area contributed by atoms with E-state index in [9.17, 15) is 31.1 Å². The molecule has 4 nitrogen and oxygen atoms in total. The van der Waals surface area contributed by atoms with Crippen molar-refractivity contribution in [3.8, 4) is 0 Å². The summed E-state index contributed by atoms with van der Waals surface area (Å²) in [7, 11) is 0. The zero-order chi connectivity index (χ0) is 25.1. The first-order valence-corrected chi connectivity index (χ1v) is 10.3. The lowest BCUT2D eigenvalue weighted by Gasteiger charge is -2.45. The van der Waals surface area contributed by atoms with E-state index in [2.05, 4.69) is 9.99 Å². The van der Waals surface area contributed by atoms with E-state index in [1.807, 2.05) is 0 Å². The summed E-state index contributed by atoms with van der Waals surface area (Å²) in [5.41, 5.74) is -5.74. The topological polar surface area (TPSA) is 41.9 Å². The lowest BCUT2D eigenvalue weighted by Crippen LogP contribution is -2.59. The monoisotopic (exact) mass is 488 g/mol. The van der Waals surface area contributed by atoms with E-state index in [1.165, 1.54) is 29.2 Å². The number of hydrogen-bond donors (Lipinski definition) is 0. The smallest absolute Gasteiger partial charge is 0.374 e. The molecule has 1 saturated heterocycles. The number of carbonyl (C=O) groups is 1. The van der Waals surface area contributed by atoms with Crippen molar-refractivity contribution in [1.29, 1.82) is 0 Å². The third-order valence-electron chi connectivity index (χ3n) is 6.06. The van der Waals surface area contributed by atoms with Crippen LogP contribution in [0, 0.1) is 23.4 Å². The first-order valence-electron chi connectivity index (χ1n) is 10.3. The number of amides is 1. The number of likely N-dealkylation sites (tertiary alicyclic amines) is 1. The molecule has 2 aromatic carbocycles. The highest BCUT2D eigenvalue weighted by Crippen LogP contribution is 2.49. The lowest BCUT2D eigenvalue weighted by atomic mass is 9.84. The van der Waals surface area contributed by atoms with Crippen LogP contribution < -0.4 is 0 Å². The summed E-state index contributed by atoms with van der Waals surface area (Å²) < 4.78 is 97.6. The summed E-state index contributed by atoms with van der Waals surface area (Å²) in [5, 5.41) is 3.48. The van der Waals surface area contributed by atoms with Gasteiger partial charge in [-0.15, -0.1) is 0 Å². The summed E-state index contributed by atoms with van der Waals surface area (Å²) in [6.45, 7) is 3.14. The average molecular weight is 488 g/mol. The van der Waals surface area contributed by atoms with Crippen LogP contribution in [0.3, 0.4) is 0 Å². The van der Waals surface area contributed by atoms with E-state index in [0.717, 1.165) is 0 Å². The summed E-state index contributed by atoms with van der Waals surface area (Å²) in [6, 6.07) is 5.90. The van der Waals surface area contributed by atoms with Crippen molar-refractivity contribution in [3.63, 3.8) is 0 Å². The first-order chi connectivity index (χ1) is 15.8. The van der Waals surface area contributed by atoms with Gasteiger partial charge in [0.2, 0.25) is 5.91 Å². The van der Waals surface area contributed by atoms with Gasteiger partial charge in [-0.25, -0.2) is 17.6 Å². The second-order valence-corrected chi connectivity index (χ2v) is 8.78. The summed E-state index contributed by atoms with van der Waals surface area (Å²) in [5.74, 6) is -5.94. The Labute approximate surface area is 190 Å². The minimum atomic E-state index is -5.14. The predicted octanol–water partition coefficient (Wildman–Crippen LogP) is 5.35. The Hall–Kier alpha value is -3.11. The minimum Gasteiger partial charge on any atom is -0.374 e. The molecule has 1 amide bonds. The average Bonchev–Trinajstić information content (AvgIpc) is 3.21. The van der Waals surface area contributed by atoms with Crippen molar-refractivity contribution >= 4 is 11.6 Å². The van der Waals surface area contributed by atoms with E-state index in [1.54, 1.807) is 13.8 Å². The molecule has 0 aliphatic carbocycles. The van der Waals surface area contributed by atoms with Gasteiger partial charge in [-0.1, -0.05) is 43.3 Å². The fourth-order valence-corrected chi connectivity index (χ4v) is 4.07. The number of alkyl halides is 4. The number of oxime groups is 1. The molecule has 34 heavy (non-hydrogen) atoms. The van der Waals surface area contributed by atoms with E-state index >= 15 is 4.39 Å². The van der Waals surface area contributed by atoms with Crippen LogP contribution in [0.15, 0.2) is 41.6 Å². The molecule has 11 heteroatoms. The Morgan fingerprint density at radius 1 is 1.03 bits per heavy atom. The molecule has 2 aromatic rings. The fraction of sp³-hybridized carbons (Fsp3) is 0.391. The molecule has 1 atom stereocenters. The Morgan fingerprint density at radius 3 is 2.09 bits per heavy atom. The molecule has 0 N–H and O–H groups in total. The lowest BCUT2D eigenvalue weighted by molar-refractivity contribution is -0.276. The van der Waals surface area contributed by atoms with Gasteiger partial charge >= 0.3 is 6.18 Å². The van der Waals surface area contributed by atoms with Gasteiger partial charge in [-0.05, 0) is 23.3 Å². The van der Waals surface area contributed by atoms with Crippen LogP contribution in [0.5, 0.6) is 0 Å². The van der Waals surface area contributed by atoms with Gasteiger partial charge in [-0.2, -0.15) is 13.2 Å². The van der Waals surface area contributed by atoms with Crippen LogP contribution in [-0.2, 0) is 20.9 Å². The van der Waals surface area contributed by atoms with Gasteiger partial charge < -0.3 is 9.74 Å². The Kier molecular flexibility index (Phi) is 5.64. The molecule has 0 spiro atoms. The highest BCUT2D eigenvalue weighted by molar-refractivity contribution is 6.01. The maximum absolute atomic E-state index is 15.1. The number of rotatable bonds is 4. The molecule has 1 unspecified atom stereocenters.